The number of benzene rings is 1. The summed E-state index contributed by atoms with van der Waals surface area (Å²) in [6.07, 6.45) is 5.98. The van der Waals surface area contributed by atoms with E-state index in [2.05, 4.69) is 11.5 Å². The van der Waals surface area contributed by atoms with Crippen LogP contribution in [-0.2, 0) is 14.3 Å². The number of hydrogen-bond donors (Lipinski definition) is 1. The molecule has 8 nitrogen and oxygen atoms in total. The van der Waals surface area contributed by atoms with Gasteiger partial charge >= 0.3 is 0 Å². The lowest BCUT2D eigenvalue weighted by Crippen LogP contribution is -2.43. The Labute approximate surface area is 198 Å². The Morgan fingerprint density at radius 1 is 1.21 bits per heavy atom. The van der Waals surface area contributed by atoms with Gasteiger partial charge in [0, 0.05) is 26.2 Å². The van der Waals surface area contributed by atoms with Gasteiger partial charge in [-0.1, -0.05) is 24.8 Å². The summed E-state index contributed by atoms with van der Waals surface area (Å²) < 4.78 is 16.3. The van der Waals surface area contributed by atoms with Gasteiger partial charge in [-0.2, -0.15) is 0 Å². The molecular formula is C26H28N2O6. The number of ketones is 1. The van der Waals surface area contributed by atoms with Crippen LogP contribution in [0.5, 0.6) is 5.75 Å². The average Bonchev–Trinajstić information content (AvgIpc) is 3.47. The van der Waals surface area contributed by atoms with Crippen LogP contribution in [0.4, 0.5) is 0 Å². The van der Waals surface area contributed by atoms with E-state index >= 15 is 0 Å². The summed E-state index contributed by atoms with van der Waals surface area (Å²) in [5, 5.41) is 10.8. The number of amides is 1. The molecule has 0 radical (unpaired) electrons. The second-order valence-electron chi connectivity index (χ2n) is 8.00. The minimum absolute atomic E-state index is 0.0376. The zero-order valence-electron chi connectivity index (χ0n) is 18.9. The molecule has 0 saturated carbocycles. The average molecular weight is 465 g/mol. The number of aliphatic hydroxyl groups is 1. The first-order valence-electron chi connectivity index (χ1n) is 11.2. The van der Waals surface area contributed by atoms with Crippen LogP contribution in [0.15, 0.2) is 77.1 Å². The minimum Gasteiger partial charge on any atom is -0.503 e. The number of nitrogens with zero attached hydrogens (tertiary/aromatic N) is 2. The predicted octanol–water partition coefficient (Wildman–Crippen LogP) is 3.15. The molecule has 3 heterocycles. The summed E-state index contributed by atoms with van der Waals surface area (Å²) in [4.78, 5) is 30.0. The number of morpholine rings is 1. The van der Waals surface area contributed by atoms with Crippen molar-refractivity contribution in [2.24, 2.45) is 0 Å². The molecule has 0 aliphatic carbocycles. The van der Waals surface area contributed by atoms with Crippen molar-refractivity contribution >= 4 is 17.8 Å². The molecule has 2 aliphatic rings. The standard InChI is InChI=1S/C26H28N2O6/c1-2-14-33-21-6-3-5-19(18-21)24-23(22(29)9-8-20-7-4-15-34-20)25(30)26(31)28(24)11-10-27-12-16-32-17-13-27/h2-9,15,18,24,30H,1,10-14,16-17H2/b9-8+. The van der Waals surface area contributed by atoms with E-state index in [1.54, 1.807) is 41.3 Å². The van der Waals surface area contributed by atoms with Gasteiger partial charge < -0.3 is 23.9 Å². The first kappa shape index (κ1) is 23.5. The molecule has 1 unspecified atom stereocenters. The maximum absolute atomic E-state index is 13.2. The van der Waals surface area contributed by atoms with Gasteiger partial charge in [0.25, 0.3) is 5.91 Å². The maximum Gasteiger partial charge on any atom is 0.290 e. The third kappa shape index (κ3) is 5.30. The first-order chi connectivity index (χ1) is 16.6. The number of carbonyl (C=O) groups is 2. The van der Waals surface area contributed by atoms with E-state index in [0.717, 1.165) is 13.1 Å². The fraction of sp³-hybridized carbons (Fsp3) is 0.308. The molecular weight excluding hydrogens is 436 g/mol. The van der Waals surface area contributed by atoms with E-state index in [9.17, 15) is 14.7 Å². The Kier molecular flexibility index (Phi) is 7.61. The van der Waals surface area contributed by atoms with Crippen LogP contribution in [0, 0.1) is 0 Å². The predicted molar refractivity (Wildman–Crippen MR) is 126 cm³/mol. The van der Waals surface area contributed by atoms with Crippen LogP contribution in [0.3, 0.4) is 0 Å². The van der Waals surface area contributed by atoms with Gasteiger partial charge in [0.2, 0.25) is 0 Å². The largest absolute Gasteiger partial charge is 0.503 e. The van der Waals surface area contributed by atoms with Crippen molar-refractivity contribution < 1.29 is 28.6 Å². The minimum atomic E-state index is -0.741. The zero-order valence-corrected chi connectivity index (χ0v) is 18.9. The fourth-order valence-corrected chi connectivity index (χ4v) is 4.12. The molecule has 0 bridgehead atoms. The van der Waals surface area contributed by atoms with Crippen molar-refractivity contribution in [2.75, 3.05) is 46.0 Å². The summed E-state index contributed by atoms with van der Waals surface area (Å²) in [6.45, 7) is 7.78. The van der Waals surface area contributed by atoms with Gasteiger partial charge in [0.15, 0.2) is 11.5 Å². The highest BCUT2D eigenvalue weighted by molar-refractivity contribution is 6.14. The Morgan fingerprint density at radius 3 is 2.76 bits per heavy atom. The van der Waals surface area contributed by atoms with E-state index in [-0.39, 0.29) is 5.57 Å². The van der Waals surface area contributed by atoms with Gasteiger partial charge in [0.05, 0.1) is 31.1 Å². The Bertz CT molecular complexity index is 1080. The monoisotopic (exact) mass is 464 g/mol. The molecule has 4 rings (SSSR count). The topological polar surface area (TPSA) is 92.5 Å². The molecule has 1 fully saturated rings. The fourth-order valence-electron chi connectivity index (χ4n) is 4.12. The number of rotatable bonds is 10. The van der Waals surface area contributed by atoms with Gasteiger partial charge in [-0.25, -0.2) is 0 Å². The van der Waals surface area contributed by atoms with Crippen LogP contribution >= 0.6 is 0 Å². The summed E-state index contributed by atoms with van der Waals surface area (Å²) in [6, 6.07) is 9.89. The smallest absolute Gasteiger partial charge is 0.290 e. The van der Waals surface area contributed by atoms with Crippen molar-refractivity contribution in [2.45, 2.75) is 6.04 Å². The number of allylic oxidation sites excluding steroid dienone is 1. The van der Waals surface area contributed by atoms with Crippen molar-refractivity contribution in [1.82, 2.24) is 9.80 Å². The van der Waals surface area contributed by atoms with Crippen molar-refractivity contribution in [3.05, 3.63) is 84.0 Å². The van der Waals surface area contributed by atoms with Gasteiger partial charge in [-0.3, -0.25) is 14.5 Å². The quantitative estimate of drug-likeness (QED) is 0.427. The number of furan rings is 1. The molecule has 8 heteroatoms. The lowest BCUT2D eigenvalue weighted by molar-refractivity contribution is -0.129. The summed E-state index contributed by atoms with van der Waals surface area (Å²) in [5.74, 6) is -0.469. The summed E-state index contributed by atoms with van der Waals surface area (Å²) >= 11 is 0. The van der Waals surface area contributed by atoms with Crippen LogP contribution in [0.1, 0.15) is 17.4 Å². The highest BCUT2D eigenvalue weighted by Crippen LogP contribution is 2.39. The van der Waals surface area contributed by atoms with Crippen LogP contribution < -0.4 is 4.74 Å². The van der Waals surface area contributed by atoms with Gasteiger partial charge in [0.1, 0.15) is 18.1 Å². The summed E-state index contributed by atoms with van der Waals surface area (Å²) in [7, 11) is 0. The van der Waals surface area contributed by atoms with Crippen LogP contribution in [0.25, 0.3) is 6.08 Å². The SMILES string of the molecule is C=CCOc1cccc(C2C(C(=O)/C=C/c3ccco3)=C(O)C(=O)N2CCN2CCOCC2)c1. The molecule has 2 aliphatic heterocycles. The normalized spacial score (nSPS) is 19.2. The molecule has 2 aromatic rings. The third-order valence-corrected chi connectivity index (χ3v) is 5.81. The van der Waals surface area contributed by atoms with Crippen molar-refractivity contribution in [3.63, 3.8) is 0 Å². The Hall–Kier alpha value is -3.62. The molecule has 1 aromatic carbocycles. The second-order valence-corrected chi connectivity index (χ2v) is 8.00. The molecule has 1 aromatic heterocycles. The van der Waals surface area contributed by atoms with Crippen molar-refractivity contribution in [1.29, 1.82) is 0 Å². The number of ether oxygens (including phenoxy) is 2. The van der Waals surface area contributed by atoms with Crippen LogP contribution in [0.2, 0.25) is 0 Å². The third-order valence-electron chi connectivity index (χ3n) is 5.81. The maximum atomic E-state index is 13.2. The molecule has 34 heavy (non-hydrogen) atoms. The molecule has 1 saturated heterocycles. The molecule has 178 valence electrons. The summed E-state index contributed by atoms with van der Waals surface area (Å²) in [5.41, 5.74) is 0.714. The lowest BCUT2D eigenvalue weighted by atomic mass is 9.95. The van der Waals surface area contributed by atoms with Gasteiger partial charge in [-0.05, 0) is 42.0 Å². The second kappa shape index (κ2) is 11.0. The number of aliphatic hydroxyl groups excluding tert-OH is 1. The molecule has 1 amide bonds. The van der Waals surface area contributed by atoms with Crippen LogP contribution in [-0.4, -0.2) is 72.6 Å². The van der Waals surface area contributed by atoms with Crippen molar-refractivity contribution in [3.8, 4) is 5.75 Å². The molecule has 1 atom stereocenters. The highest BCUT2D eigenvalue weighted by Gasteiger charge is 2.43. The number of hydrogen-bond acceptors (Lipinski definition) is 7. The first-order valence-corrected chi connectivity index (χ1v) is 11.2. The molecule has 1 N–H and O–H groups in total. The highest BCUT2D eigenvalue weighted by atomic mass is 16.5. The molecule has 0 spiro atoms. The Balaban J connectivity index is 1.64. The van der Waals surface area contributed by atoms with E-state index in [1.807, 2.05) is 6.07 Å². The van der Waals surface area contributed by atoms with E-state index in [1.165, 1.54) is 18.4 Å². The van der Waals surface area contributed by atoms with Gasteiger partial charge in [-0.15, -0.1) is 0 Å². The lowest BCUT2D eigenvalue weighted by Gasteiger charge is -2.31. The van der Waals surface area contributed by atoms with E-state index < -0.39 is 23.5 Å². The number of carbonyl (C=O) groups excluding carboxylic acids is 2. The van der Waals surface area contributed by atoms with E-state index in [4.69, 9.17) is 13.9 Å². The van der Waals surface area contributed by atoms with E-state index in [0.29, 0.717) is 50.0 Å². The Morgan fingerprint density at radius 2 is 2.03 bits per heavy atom. The zero-order chi connectivity index (χ0) is 23.9.